The van der Waals surface area contributed by atoms with Crippen LogP contribution in [0.15, 0.2) is 53.1 Å². The molecule has 7 heteroatoms. The van der Waals surface area contributed by atoms with Crippen LogP contribution in [0.1, 0.15) is 10.4 Å². The highest BCUT2D eigenvalue weighted by Crippen LogP contribution is 2.27. The van der Waals surface area contributed by atoms with Gasteiger partial charge in [-0.15, -0.1) is 0 Å². The van der Waals surface area contributed by atoms with E-state index in [1.807, 2.05) is 42.5 Å². The Morgan fingerprint density at radius 3 is 2.74 bits per heavy atom. The fourth-order valence-corrected chi connectivity index (χ4v) is 3.01. The van der Waals surface area contributed by atoms with Gasteiger partial charge in [-0.05, 0) is 24.3 Å². The van der Waals surface area contributed by atoms with Crippen molar-refractivity contribution in [1.82, 2.24) is 15.0 Å². The first-order chi connectivity index (χ1) is 13.3. The third kappa shape index (κ3) is 3.54. The molecule has 1 fully saturated rings. The largest absolute Gasteiger partial charge is 0.497 e. The van der Waals surface area contributed by atoms with Gasteiger partial charge in [0.15, 0.2) is 0 Å². The molecule has 0 saturated carbocycles. The summed E-state index contributed by atoms with van der Waals surface area (Å²) in [6.07, 6.45) is 0. The maximum Gasteiger partial charge on any atom is 0.259 e. The van der Waals surface area contributed by atoms with E-state index in [1.165, 1.54) is 0 Å². The molecule has 4 rings (SSSR count). The third-order valence-corrected chi connectivity index (χ3v) is 4.44. The van der Waals surface area contributed by atoms with Gasteiger partial charge in [-0.1, -0.05) is 29.4 Å². The van der Waals surface area contributed by atoms with Crippen molar-refractivity contribution in [3.8, 4) is 28.6 Å². The first kappa shape index (κ1) is 17.2. The summed E-state index contributed by atoms with van der Waals surface area (Å²) in [5, 5.41) is 4.06. The second-order valence-electron chi connectivity index (χ2n) is 6.11. The van der Waals surface area contributed by atoms with Crippen LogP contribution in [-0.2, 0) is 4.74 Å². The molecule has 1 aliphatic heterocycles. The van der Waals surface area contributed by atoms with E-state index in [4.69, 9.17) is 14.0 Å². The lowest BCUT2D eigenvalue weighted by molar-refractivity contribution is 0.0303. The molecule has 1 saturated heterocycles. The monoisotopic (exact) mass is 365 g/mol. The fourth-order valence-electron chi connectivity index (χ4n) is 3.01. The van der Waals surface area contributed by atoms with Gasteiger partial charge in [-0.2, -0.15) is 4.98 Å². The number of carbonyl (C=O) groups is 1. The Hall–Kier alpha value is -3.19. The summed E-state index contributed by atoms with van der Waals surface area (Å²) >= 11 is 0. The molecule has 27 heavy (non-hydrogen) atoms. The average molecular weight is 365 g/mol. The van der Waals surface area contributed by atoms with Crippen molar-refractivity contribution in [3.05, 3.63) is 54.1 Å². The van der Waals surface area contributed by atoms with Crippen LogP contribution in [0.4, 0.5) is 0 Å². The number of benzene rings is 2. The maximum absolute atomic E-state index is 12.9. The van der Waals surface area contributed by atoms with Crippen LogP contribution in [0, 0.1) is 0 Å². The van der Waals surface area contributed by atoms with E-state index in [9.17, 15) is 4.79 Å². The first-order valence-corrected chi connectivity index (χ1v) is 8.71. The van der Waals surface area contributed by atoms with Crippen LogP contribution in [0.5, 0.6) is 5.75 Å². The van der Waals surface area contributed by atoms with Gasteiger partial charge in [0.1, 0.15) is 5.75 Å². The lowest BCUT2D eigenvalue weighted by Gasteiger charge is -2.27. The predicted molar refractivity (Wildman–Crippen MR) is 98.4 cm³/mol. The molecule has 0 aliphatic carbocycles. The Bertz CT molecular complexity index is 948. The summed E-state index contributed by atoms with van der Waals surface area (Å²) in [7, 11) is 1.61. The zero-order valence-corrected chi connectivity index (χ0v) is 14.9. The van der Waals surface area contributed by atoms with Crippen LogP contribution >= 0.6 is 0 Å². The molecule has 1 aliphatic rings. The highest BCUT2D eigenvalue weighted by atomic mass is 16.5. The molecule has 2 aromatic carbocycles. The molecule has 0 atom stereocenters. The molecule has 0 unspecified atom stereocenters. The number of hydrogen-bond acceptors (Lipinski definition) is 6. The molecule has 0 radical (unpaired) electrons. The van der Waals surface area contributed by atoms with Crippen molar-refractivity contribution >= 4 is 5.91 Å². The molecule has 3 aromatic rings. The molecule has 138 valence electrons. The van der Waals surface area contributed by atoms with Crippen LogP contribution in [0.2, 0.25) is 0 Å². The van der Waals surface area contributed by atoms with E-state index in [-0.39, 0.29) is 5.91 Å². The number of nitrogens with zero attached hydrogens (tertiary/aromatic N) is 3. The second-order valence-corrected chi connectivity index (χ2v) is 6.11. The van der Waals surface area contributed by atoms with Gasteiger partial charge in [0.2, 0.25) is 5.82 Å². The Kier molecular flexibility index (Phi) is 4.84. The molecular formula is C20H19N3O4. The Balaban J connectivity index is 1.66. The van der Waals surface area contributed by atoms with Crippen molar-refractivity contribution in [1.29, 1.82) is 0 Å². The number of carbonyl (C=O) groups excluding carboxylic acids is 1. The third-order valence-electron chi connectivity index (χ3n) is 4.44. The lowest BCUT2D eigenvalue weighted by Crippen LogP contribution is -2.40. The highest BCUT2D eigenvalue weighted by molar-refractivity contribution is 6.00. The molecule has 7 nitrogen and oxygen atoms in total. The summed E-state index contributed by atoms with van der Waals surface area (Å²) in [4.78, 5) is 19.2. The van der Waals surface area contributed by atoms with Crippen molar-refractivity contribution in [3.63, 3.8) is 0 Å². The number of rotatable bonds is 4. The van der Waals surface area contributed by atoms with Crippen LogP contribution in [0.25, 0.3) is 22.8 Å². The molecule has 1 aromatic heterocycles. The second kappa shape index (κ2) is 7.59. The average Bonchev–Trinajstić information content (AvgIpc) is 3.24. The number of aromatic nitrogens is 2. The van der Waals surface area contributed by atoms with Gasteiger partial charge in [0, 0.05) is 18.7 Å². The topological polar surface area (TPSA) is 77.7 Å². The SMILES string of the molecule is COc1cccc(-c2noc(-c3ccccc3C(=O)N3CCOCC3)n2)c1. The molecular weight excluding hydrogens is 346 g/mol. The summed E-state index contributed by atoms with van der Waals surface area (Å²) in [6.45, 7) is 2.25. The zero-order valence-electron chi connectivity index (χ0n) is 14.9. The molecule has 0 bridgehead atoms. The van der Waals surface area contributed by atoms with Gasteiger partial charge in [-0.25, -0.2) is 0 Å². The summed E-state index contributed by atoms with van der Waals surface area (Å²) < 4.78 is 16.0. The fraction of sp³-hybridized carbons (Fsp3) is 0.250. The van der Waals surface area contributed by atoms with Crippen LogP contribution < -0.4 is 4.74 Å². The highest BCUT2D eigenvalue weighted by Gasteiger charge is 2.23. The molecule has 2 heterocycles. The van der Waals surface area contributed by atoms with E-state index in [2.05, 4.69) is 10.1 Å². The minimum absolute atomic E-state index is 0.0602. The minimum atomic E-state index is -0.0602. The Morgan fingerprint density at radius 1 is 1.11 bits per heavy atom. The van der Waals surface area contributed by atoms with E-state index in [1.54, 1.807) is 18.1 Å². The normalized spacial score (nSPS) is 14.2. The van der Waals surface area contributed by atoms with Crippen LogP contribution in [-0.4, -0.2) is 54.4 Å². The van der Waals surface area contributed by atoms with Crippen molar-refractivity contribution in [2.75, 3.05) is 33.4 Å². The summed E-state index contributed by atoms with van der Waals surface area (Å²) in [5.74, 6) is 1.40. The lowest BCUT2D eigenvalue weighted by atomic mass is 10.1. The number of hydrogen-bond donors (Lipinski definition) is 0. The van der Waals surface area contributed by atoms with E-state index in [0.29, 0.717) is 54.9 Å². The predicted octanol–water partition coefficient (Wildman–Crippen LogP) is 2.88. The van der Waals surface area contributed by atoms with Crippen molar-refractivity contribution in [2.45, 2.75) is 0 Å². The van der Waals surface area contributed by atoms with Gasteiger partial charge in [0.05, 0.1) is 31.5 Å². The molecule has 0 N–H and O–H groups in total. The smallest absolute Gasteiger partial charge is 0.259 e. The van der Waals surface area contributed by atoms with Crippen LogP contribution in [0.3, 0.4) is 0 Å². The van der Waals surface area contributed by atoms with Gasteiger partial charge in [-0.3, -0.25) is 4.79 Å². The standard InChI is InChI=1S/C20H19N3O4/c1-25-15-6-4-5-14(13-15)18-21-19(27-22-18)16-7-2-3-8-17(16)20(24)23-9-11-26-12-10-23/h2-8,13H,9-12H2,1H3. The van der Waals surface area contributed by atoms with E-state index < -0.39 is 0 Å². The number of methoxy groups -OCH3 is 1. The van der Waals surface area contributed by atoms with Gasteiger partial charge < -0.3 is 18.9 Å². The minimum Gasteiger partial charge on any atom is -0.497 e. The number of amides is 1. The first-order valence-electron chi connectivity index (χ1n) is 8.71. The van der Waals surface area contributed by atoms with Crippen molar-refractivity contribution < 1.29 is 18.8 Å². The quantitative estimate of drug-likeness (QED) is 0.707. The molecule has 1 amide bonds. The van der Waals surface area contributed by atoms with Crippen molar-refractivity contribution in [2.24, 2.45) is 0 Å². The number of ether oxygens (including phenoxy) is 2. The van der Waals surface area contributed by atoms with E-state index >= 15 is 0 Å². The Morgan fingerprint density at radius 2 is 1.93 bits per heavy atom. The molecule has 0 spiro atoms. The zero-order chi connectivity index (χ0) is 18.6. The van der Waals surface area contributed by atoms with Gasteiger partial charge >= 0.3 is 0 Å². The summed E-state index contributed by atoms with van der Waals surface area (Å²) in [6, 6.07) is 14.7. The number of morpholine rings is 1. The maximum atomic E-state index is 12.9. The summed E-state index contributed by atoms with van der Waals surface area (Å²) in [5.41, 5.74) is 1.94. The van der Waals surface area contributed by atoms with E-state index in [0.717, 1.165) is 5.56 Å². The Labute approximate surface area is 156 Å². The van der Waals surface area contributed by atoms with Gasteiger partial charge in [0.25, 0.3) is 11.8 Å².